The van der Waals surface area contributed by atoms with Gasteiger partial charge in [-0.2, -0.15) is 5.10 Å². The van der Waals surface area contributed by atoms with Crippen LogP contribution in [0.3, 0.4) is 0 Å². The fourth-order valence-corrected chi connectivity index (χ4v) is 2.57. The first kappa shape index (κ1) is 17.7. The summed E-state index contributed by atoms with van der Waals surface area (Å²) in [6.45, 7) is 3.25. The molecular weight excluding hydrogens is 334 g/mol. The van der Waals surface area contributed by atoms with Crippen molar-refractivity contribution >= 4 is 5.91 Å². The summed E-state index contributed by atoms with van der Waals surface area (Å²) in [5, 5.41) is 17.9. The first-order valence-corrected chi connectivity index (χ1v) is 8.33. The molecule has 136 valence electrons. The zero-order chi connectivity index (χ0) is 18.4. The SMILES string of the molecule is COCCCn1cnnc1[C@@H](C)NC(=O)c1cc(-c2ccccn2)n[nH]1. The number of aromatic nitrogens is 6. The van der Waals surface area contributed by atoms with Crippen molar-refractivity contribution in [2.24, 2.45) is 0 Å². The fraction of sp³-hybridized carbons (Fsp3) is 0.353. The van der Waals surface area contributed by atoms with Gasteiger partial charge in [-0.3, -0.25) is 14.9 Å². The Kier molecular flexibility index (Phi) is 5.69. The van der Waals surface area contributed by atoms with Crippen molar-refractivity contribution in [3.63, 3.8) is 0 Å². The third-order valence-corrected chi connectivity index (χ3v) is 3.88. The molecule has 0 spiro atoms. The Morgan fingerprint density at radius 2 is 2.27 bits per heavy atom. The highest BCUT2D eigenvalue weighted by atomic mass is 16.5. The first-order chi connectivity index (χ1) is 12.7. The largest absolute Gasteiger partial charge is 0.385 e. The number of nitrogens with one attached hydrogen (secondary N) is 2. The number of aryl methyl sites for hydroxylation is 1. The number of carbonyl (C=O) groups excluding carboxylic acids is 1. The van der Waals surface area contributed by atoms with Crippen LogP contribution in [0.5, 0.6) is 0 Å². The van der Waals surface area contributed by atoms with Crippen molar-refractivity contribution in [3.05, 3.63) is 48.3 Å². The van der Waals surface area contributed by atoms with E-state index in [1.54, 1.807) is 25.7 Å². The van der Waals surface area contributed by atoms with Gasteiger partial charge < -0.3 is 14.6 Å². The van der Waals surface area contributed by atoms with Gasteiger partial charge in [0.05, 0.1) is 11.7 Å². The Hall–Kier alpha value is -3.07. The summed E-state index contributed by atoms with van der Waals surface area (Å²) in [5.41, 5.74) is 1.68. The quantitative estimate of drug-likeness (QED) is 0.594. The molecule has 0 bridgehead atoms. The predicted octanol–water partition coefficient (Wildman–Crippen LogP) is 1.59. The van der Waals surface area contributed by atoms with Gasteiger partial charge in [0.1, 0.15) is 17.7 Å². The van der Waals surface area contributed by atoms with Crippen LogP contribution in [-0.4, -0.2) is 49.6 Å². The number of H-pyrrole nitrogens is 1. The number of rotatable bonds is 8. The van der Waals surface area contributed by atoms with Gasteiger partial charge in [-0.05, 0) is 31.5 Å². The Labute approximate surface area is 150 Å². The molecule has 0 aliphatic carbocycles. The molecule has 1 amide bonds. The van der Waals surface area contributed by atoms with E-state index >= 15 is 0 Å². The molecular formula is C17H21N7O2. The van der Waals surface area contributed by atoms with Crippen LogP contribution in [0.25, 0.3) is 11.4 Å². The van der Waals surface area contributed by atoms with Gasteiger partial charge >= 0.3 is 0 Å². The summed E-state index contributed by atoms with van der Waals surface area (Å²) in [4.78, 5) is 16.7. The fourth-order valence-electron chi connectivity index (χ4n) is 2.57. The van der Waals surface area contributed by atoms with Crippen molar-refractivity contribution in [1.82, 2.24) is 35.3 Å². The number of hydrogen-bond acceptors (Lipinski definition) is 6. The second-order valence-electron chi connectivity index (χ2n) is 5.81. The normalized spacial score (nSPS) is 12.1. The molecule has 26 heavy (non-hydrogen) atoms. The van der Waals surface area contributed by atoms with E-state index < -0.39 is 0 Å². The summed E-state index contributed by atoms with van der Waals surface area (Å²) in [6, 6.07) is 6.91. The average Bonchev–Trinajstić information content (AvgIpc) is 3.32. The van der Waals surface area contributed by atoms with Crippen LogP contribution in [0.15, 0.2) is 36.8 Å². The van der Waals surface area contributed by atoms with Gasteiger partial charge in [0.15, 0.2) is 5.82 Å². The summed E-state index contributed by atoms with van der Waals surface area (Å²) >= 11 is 0. The molecule has 9 heteroatoms. The Balaban J connectivity index is 1.65. The van der Waals surface area contributed by atoms with Crippen molar-refractivity contribution < 1.29 is 9.53 Å². The summed E-state index contributed by atoms with van der Waals surface area (Å²) in [6.07, 6.45) is 4.18. The zero-order valence-corrected chi connectivity index (χ0v) is 14.7. The molecule has 0 aromatic carbocycles. The molecule has 3 aromatic rings. The standard InChI is InChI=1S/C17H21N7O2/c1-12(16-23-19-11-24(16)8-5-9-26-2)20-17(25)15-10-14(21-22-15)13-6-3-4-7-18-13/h3-4,6-7,10-12H,5,8-9H2,1-2H3,(H,20,25)(H,21,22)/t12-/m1/s1. The maximum atomic E-state index is 12.5. The van der Waals surface area contributed by atoms with Crippen LogP contribution in [0.4, 0.5) is 0 Å². The molecule has 2 N–H and O–H groups in total. The lowest BCUT2D eigenvalue weighted by Crippen LogP contribution is -2.29. The third-order valence-electron chi connectivity index (χ3n) is 3.88. The number of ether oxygens (including phenoxy) is 1. The zero-order valence-electron chi connectivity index (χ0n) is 14.7. The molecule has 0 aliphatic rings. The van der Waals surface area contributed by atoms with Crippen LogP contribution >= 0.6 is 0 Å². The van der Waals surface area contributed by atoms with E-state index in [2.05, 4.69) is 30.7 Å². The maximum Gasteiger partial charge on any atom is 0.269 e. The molecule has 1 atom stereocenters. The minimum Gasteiger partial charge on any atom is -0.385 e. The van der Waals surface area contributed by atoms with E-state index in [4.69, 9.17) is 4.74 Å². The van der Waals surface area contributed by atoms with E-state index in [1.807, 2.05) is 29.7 Å². The van der Waals surface area contributed by atoms with Crippen LogP contribution < -0.4 is 5.32 Å². The Bertz CT molecular complexity index is 844. The van der Waals surface area contributed by atoms with E-state index in [1.165, 1.54) is 0 Å². The van der Waals surface area contributed by atoms with Gasteiger partial charge in [-0.15, -0.1) is 10.2 Å². The van der Waals surface area contributed by atoms with Crippen molar-refractivity contribution in [1.29, 1.82) is 0 Å². The number of methoxy groups -OCH3 is 1. The lowest BCUT2D eigenvalue weighted by Gasteiger charge is -2.14. The summed E-state index contributed by atoms with van der Waals surface area (Å²) in [7, 11) is 1.67. The molecule has 3 aromatic heterocycles. The van der Waals surface area contributed by atoms with E-state index in [-0.39, 0.29) is 11.9 Å². The number of carbonyl (C=O) groups is 1. The molecule has 3 heterocycles. The van der Waals surface area contributed by atoms with Gasteiger partial charge in [-0.1, -0.05) is 6.07 Å². The summed E-state index contributed by atoms with van der Waals surface area (Å²) in [5.74, 6) is 0.428. The Morgan fingerprint density at radius 1 is 1.38 bits per heavy atom. The van der Waals surface area contributed by atoms with E-state index in [9.17, 15) is 4.79 Å². The number of hydrogen-bond donors (Lipinski definition) is 2. The minimum atomic E-state index is -0.297. The van der Waals surface area contributed by atoms with Crippen molar-refractivity contribution in [3.8, 4) is 11.4 Å². The molecule has 3 rings (SSSR count). The molecule has 9 nitrogen and oxygen atoms in total. The highest BCUT2D eigenvalue weighted by Gasteiger charge is 2.18. The maximum absolute atomic E-state index is 12.5. The van der Waals surface area contributed by atoms with Gasteiger partial charge in [0, 0.05) is 26.5 Å². The molecule has 0 saturated carbocycles. The van der Waals surface area contributed by atoms with E-state index in [0.29, 0.717) is 29.5 Å². The van der Waals surface area contributed by atoms with Gasteiger partial charge in [0.25, 0.3) is 5.91 Å². The first-order valence-electron chi connectivity index (χ1n) is 8.33. The lowest BCUT2D eigenvalue weighted by molar-refractivity contribution is 0.0932. The molecule has 0 fully saturated rings. The molecule has 0 saturated heterocycles. The van der Waals surface area contributed by atoms with Crippen LogP contribution in [0.1, 0.15) is 35.7 Å². The van der Waals surface area contributed by atoms with Crippen LogP contribution in [-0.2, 0) is 11.3 Å². The number of nitrogens with zero attached hydrogens (tertiary/aromatic N) is 5. The smallest absolute Gasteiger partial charge is 0.269 e. The topological polar surface area (TPSA) is 111 Å². The predicted molar refractivity (Wildman–Crippen MR) is 94.2 cm³/mol. The second kappa shape index (κ2) is 8.34. The van der Waals surface area contributed by atoms with Gasteiger partial charge in [-0.25, -0.2) is 0 Å². The number of aromatic amines is 1. The minimum absolute atomic E-state index is 0.265. The monoisotopic (exact) mass is 355 g/mol. The molecule has 0 radical (unpaired) electrons. The van der Waals surface area contributed by atoms with Crippen molar-refractivity contribution in [2.75, 3.05) is 13.7 Å². The highest BCUT2D eigenvalue weighted by Crippen LogP contribution is 2.15. The second-order valence-corrected chi connectivity index (χ2v) is 5.81. The lowest BCUT2D eigenvalue weighted by atomic mass is 10.2. The number of pyridine rings is 1. The highest BCUT2D eigenvalue weighted by molar-refractivity contribution is 5.93. The Morgan fingerprint density at radius 3 is 3.04 bits per heavy atom. The molecule has 0 unspecified atom stereocenters. The van der Waals surface area contributed by atoms with Crippen LogP contribution in [0, 0.1) is 0 Å². The van der Waals surface area contributed by atoms with Gasteiger partial charge in [0.2, 0.25) is 0 Å². The van der Waals surface area contributed by atoms with Crippen LogP contribution in [0.2, 0.25) is 0 Å². The van der Waals surface area contributed by atoms with Crippen molar-refractivity contribution in [2.45, 2.75) is 25.9 Å². The summed E-state index contributed by atoms with van der Waals surface area (Å²) < 4.78 is 6.97. The molecule has 0 aliphatic heterocycles. The van der Waals surface area contributed by atoms with E-state index in [0.717, 1.165) is 13.0 Å². The average molecular weight is 355 g/mol. The third kappa shape index (κ3) is 4.12. The number of amides is 1.